The molecule has 2 heteroatoms. The van der Waals surface area contributed by atoms with E-state index in [1.165, 1.54) is 0 Å². The molecule has 0 rings (SSSR count). The molecule has 0 bridgehead atoms. The lowest BCUT2D eigenvalue weighted by molar-refractivity contribution is 0.289. The summed E-state index contributed by atoms with van der Waals surface area (Å²) in [6.45, 7) is 14.1. The smallest absolute Gasteiger partial charge is 0.0579 e. The first-order valence-corrected chi connectivity index (χ1v) is 7.42. The van der Waals surface area contributed by atoms with Crippen molar-refractivity contribution in [3.63, 3.8) is 0 Å². The lowest BCUT2D eigenvalue weighted by atomic mass is 10.2. The molecule has 0 aromatic carbocycles. The Hall–Kier alpha value is 0.177. The minimum absolute atomic E-state index is 0.344. The van der Waals surface area contributed by atoms with Gasteiger partial charge < -0.3 is 5.11 Å². The zero-order valence-corrected chi connectivity index (χ0v) is 9.73. The summed E-state index contributed by atoms with van der Waals surface area (Å²) in [5, 5.41) is 9.47. The molecular weight excluding hydrogens is 152 g/mol. The van der Waals surface area contributed by atoms with Gasteiger partial charge in [-0.3, -0.25) is 0 Å². The highest BCUT2D eigenvalue weighted by Gasteiger charge is 2.39. The predicted molar refractivity (Wildman–Crippen MR) is 53.7 cm³/mol. The van der Waals surface area contributed by atoms with E-state index in [-0.39, 0.29) is 0 Å². The molecule has 0 radical (unpaired) electrons. The van der Waals surface area contributed by atoms with Gasteiger partial charge in [-0.1, -0.05) is 40.8 Å². The first-order chi connectivity index (χ1) is 4.73. The quantitative estimate of drug-likeness (QED) is 0.638. The standard InChI is InChI=1S/C9H22OSi/c1-8(7-10)11(5,6)9(2,3)4/h8,10H,7H2,1-6H3. The number of hydrogen-bond acceptors (Lipinski definition) is 1. The minimum Gasteiger partial charge on any atom is -0.396 e. The van der Waals surface area contributed by atoms with Gasteiger partial charge in [0.25, 0.3) is 0 Å². The van der Waals surface area contributed by atoms with Crippen molar-refractivity contribution in [2.24, 2.45) is 0 Å². The van der Waals surface area contributed by atoms with Crippen molar-refractivity contribution in [3.05, 3.63) is 0 Å². The monoisotopic (exact) mass is 174 g/mol. The Morgan fingerprint density at radius 3 is 1.73 bits per heavy atom. The molecule has 0 aromatic heterocycles. The highest BCUT2D eigenvalue weighted by Crippen LogP contribution is 2.42. The summed E-state index contributed by atoms with van der Waals surface area (Å²) in [5.41, 5.74) is 0.502. The molecule has 1 nitrogen and oxygen atoms in total. The topological polar surface area (TPSA) is 20.2 Å². The van der Waals surface area contributed by atoms with Crippen LogP contribution in [0.15, 0.2) is 0 Å². The highest BCUT2D eigenvalue weighted by atomic mass is 28.3. The highest BCUT2D eigenvalue weighted by molar-refractivity contribution is 6.81. The number of aliphatic hydroxyl groups is 1. The van der Waals surface area contributed by atoms with E-state index in [1.807, 2.05) is 0 Å². The molecule has 1 atom stereocenters. The van der Waals surface area contributed by atoms with E-state index in [2.05, 4.69) is 40.8 Å². The zero-order chi connectivity index (χ0) is 9.28. The zero-order valence-electron chi connectivity index (χ0n) is 8.73. The Balaban J connectivity index is 4.45. The maximum Gasteiger partial charge on any atom is 0.0579 e. The van der Waals surface area contributed by atoms with Crippen LogP contribution in [0.5, 0.6) is 0 Å². The van der Waals surface area contributed by atoms with Gasteiger partial charge in [-0.25, -0.2) is 0 Å². The van der Waals surface area contributed by atoms with Gasteiger partial charge in [0.1, 0.15) is 0 Å². The van der Waals surface area contributed by atoms with E-state index in [0.29, 0.717) is 17.2 Å². The molecule has 0 aliphatic carbocycles. The Bertz CT molecular complexity index is 124. The minimum atomic E-state index is -1.26. The second kappa shape index (κ2) is 3.28. The van der Waals surface area contributed by atoms with Crippen LogP contribution in [0.1, 0.15) is 27.7 Å². The van der Waals surface area contributed by atoms with Gasteiger partial charge in [0.2, 0.25) is 0 Å². The summed E-state index contributed by atoms with van der Waals surface area (Å²) in [5.74, 6) is 0. The third kappa shape index (κ3) is 2.31. The van der Waals surface area contributed by atoms with Crippen LogP contribution in [0, 0.1) is 0 Å². The molecular formula is C9H22OSi. The SMILES string of the molecule is CC(CO)[Si](C)(C)C(C)(C)C. The summed E-state index contributed by atoms with van der Waals surface area (Å²) in [6, 6.07) is 0. The second-order valence-corrected chi connectivity index (χ2v) is 11.0. The van der Waals surface area contributed by atoms with Crippen LogP contribution in [-0.4, -0.2) is 19.8 Å². The van der Waals surface area contributed by atoms with Crippen LogP contribution in [0.2, 0.25) is 23.7 Å². The summed E-state index contributed by atoms with van der Waals surface area (Å²) < 4.78 is 0. The Morgan fingerprint density at radius 1 is 1.27 bits per heavy atom. The van der Waals surface area contributed by atoms with E-state index >= 15 is 0 Å². The van der Waals surface area contributed by atoms with Gasteiger partial charge in [0, 0.05) is 6.61 Å². The van der Waals surface area contributed by atoms with Crippen molar-refractivity contribution < 1.29 is 5.11 Å². The molecule has 0 spiro atoms. The van der Waals surface area contributed by atoms with Crippen LogP contribution in [0.4, 0.5) is 0 Å². The van der Waals surface area contributed by atoms with Crippen molar-refractivity contribution in [3.8, 4) is 0 Å². The van der Waals surface area contributed by atoms with E-state index in [1.54, 1.807) is 0 Å². The van der Waals surface area contributed by atoms with Gasteiger partial charge in [0.05, 0.1) is 8.07 Å². The Kier molecular flexibility index (Phi) is 3.33. The van der Waals surface area contributed by atoms with Crippen LogP contribution in [0.3, 0.4) is 0 Å². The van der Waals surface area contributed by atoms with Crippen LogP contribution >= 0.6 is 0 Å². The molecule has 11 heavy (non-hydrogen) atoms. The van der Waals surface area contributed by atoms with E-state index in [9.17, 15) is 0 Å². The van der Waals surface area contributed by atoms with Gasteiger partial charge >= 0.3 is 0 Å². The van der Waals surface area contributed by atoms with Crippen molar-refractivity contribution >= 4 is 8.07 Å². The summed E-state index contributed by atoms with van der Waals surface area (Å²) in [4.78, 5) is 0. The Morgan fingerprint density at radius 2 is 1.64 bits per heavy atom. The van der Waals surface area contributed by atoms with Gasteiger partial charge in [-0.2, -0.15) is 0 Å². The lowest BCUT2D eigenvalue weighted by Crippen LogP contribution is -2.42. The third-order valence-corrected chi connectivity index (χ3v) is 9.95. The van der Waals surface area contributed by atoms with Crippen molar-refractivity contribution in [2.75, 3.05) is 6.61 Å². The number of rotatable bonds is 2. The first-order valence-electron chi connectivity index (χ1n) is 4.34. The van der Waals surface area contributed by atoms with Crippen molar-refractivity contribution in [2.45, 2.75) is 51.4 Å². The second-order valence-electron chi connectivity index (χ2n) is 5.06. The molecule has 68 valence electrons. The van der Waals surface area contributed by atoms with Crippen molar-refractivity contribution in [1.29, 1.82) is 0 Å². The molecule has 0 heterocycles. The van der Waals surface area contributed by atoms with Crippen LogP contribution in [0.25, 0.3) is 0 Å². The van der Waals surface area contributed by atoms with E-state index in [4.69, 9.17) is 5.11 Å². The maximum absolute atomic E-state index is 9.07. The van der Waals surface area contributed by atoms with Gasteiger partial charge in [-0.05, 0) is 10.6 Å². The molecule has 0 aliphatic rings. The van der Waals surface area contributed by atoms with E-state index in [0.717, 1.165) is 0 Å². The molecule has 0 aromatic rings. The molecule has 1 unspecified atom stereocenters. The van der Waals surface area contributed by atoms with Crippen molar-refractivity contribution in [1.82, 2.24) is 0 Å². The van der Waals surface area contributed by atoms with Crippen LogP contribution < -0.4 is 0 Å². The average molecular weight is 174 g/mol. The van der Waals surface area contributed by atoms with Gasteiger partial charge in [0.15, 0.2) is 0 Å². The maximum atomic E-state index is 9.07. The molecule has 0 amide bonds. The lowest BCUT2D eigenvalue weighted by Gasteiger charge is -2.41. The number of aliphatic hydroxyl groups excluding tert-OH is 1. The fraction of sp³-hybridized carbons (Fsp3) is 1.00. The van der Waals surface area contributed by atoms with E-state index < -0.39 is 8.07 Å². The molecule has 0 fully saturated rings. The largest absolute Gasteiger partial charge is 0.396 e. The summed E-state index contributed by atoms with van der Waals surface area (Å²) in [6.07, 6.45) is 0. The average Bonchev–Trinajstić information content (AvgIpc) is 1.83. The molecule has 0 saturated heterocycles. The molecule has 1 N–H and O–H groups in total. The third-order valence-electron chi connectivity index (χ3n) is 3.44. The first kappa shape index (κ1) is 11.2. The molecule has 0 saturated carbocycles. The normalized spacial score (nSPS) is 16.6. The number of hydrogen-bond donors (Lipinski definition) is 1. The van der Waals surface area contributed by atoms with Crippen LogP contribution in [-0.2, 0) is 0 Å². The fourth-order valence-corrected chi connectivity index (χ4v) is 2.90. The Labute approximate surface area is 71.8 Å². The summed E-state index contributed by atoms with van der Waals surface area (Å²) >= 11 is 0. The predicted octanol–water partition coefficient (Wildman–Crippen LogP) is 2.88. The van der Waals surface area contributed by atoms with Gasteiger partial charge in [-0.15, -0.1) is 0 Å². The fourth-order valence-electron chi connectivity index (χ4n) is 0.967. The summed E-state index contributed by atoms with van der Waals surface area (Å²) in [7, 11) is -1.26. The molecule has 0 aliphatic heterocycles.